The highest BCUT2D eigenvalue weighted by atomic mass is 32.2. The topological polar surface area (TPSA) is 84.9 Å². The van der Waals surface area contributed by atoms with E-state index in [9.17, 15) is 14.7 Å². The van der Waals surface area contributed by atoms with Crippen LogP contribution in [0, 0.1) is 0 Å². The zero-order chi connectivity index (χ0) is 26.2. The summed E-state index contributed by atoms with van der Waals surface area (Å²) in [5, 5.41) is 12.7. The molecule has 1 heterocycles. The molecule has 4 rings (SSSR count). The van der Waals surface area contributed by atoms with E-state index >= 15 is 0 Å². The van der Waals surface area contributed by atoms with Gasteiger partial charge in [0.2, 0.25) is 0 Å². The Morgan fingerprint density at radius 3 is 2.08 bits per heavy atom. The number of hydrogen-bond acceptors (Lipinski definition) is 6. The van der Waals surface area contributed by atoms with Crippen molar-refractivity contribution in [3.8, 4) is 22.6 Å². The second-order valence-electron chi connectivity index (χ2n) is 8.38. The smallest absolute Gasteiger partial charge is 0.326 e. The van der Waals surface area contributed by atoms with Crippen LogP contribution in [0.25, 0.3) is 16.7 Å². The van der Waals surface area contributed by atoms with Gasteiger partial charge in [-0.05, 0) is 46.7 Å². The number of carbonyl (C=O) groups is 2. The van der Waals surface area contributed by atoms with Gasteiger partial charge in [-0.25, -0.2) is 4.79 Å². The summed E-state index contributed by atoms with van der Waals surface area (Å²) in [6.07, 6.45) is 1.24. The van der Waals surface area contributed by atoms with Crippen molar-refractivity contribution >= 4 is 41.0 Å². The van der Waals surface area contributed by atoms with E-state index in [0.717, 1.165) is 44.4 Å². The quantitative estimate of drug-likeness (QED) is 0.339. The van der Waals surface area contributed by atoms with Gasteiger partial charge in [-0.3, -0.25) is 4.79 Å². The van der Waals surface area contributed by atoms with Crippen LogP contribution in [0.5, 0.6) is 11.5 Å². The molecule has 0 aliphatic carbocycles. The van der Waals surface area contributed by atoms with E-state index < -0.39 is 12.0 Å². The molecule has 3 aromatic carbocycles. The van der Waals surface area contributed by atoms with Crippen LogP contribution in [0.2, 0.25) is 0 Å². The lowest BCUT2D eigenvalue weighted by Crippen LogP contribution is -2.42. The summed E-state index contributed by atoms with van der Waals surface area (Å²) in [6.45, 7) is 0. The largest absolute Gasteiger partial charge is 0.496 e. The Balaban J connectivity index is 1.56. The fourth-order valence-electron chi connectivity index (χ4n) is 4.13. The lowest BCUT2D eigenvalue weighted by Gasteiger charge is -2.21. The number of nitrogens with one attached hydrogen (secondary N) is 1. The van der Waals surface area contributed by atoms with Gasteiger partial charge in [0.1, 0.15) is 17.5 Å². The summed E-state index contributed by atoms with van der Waals surface area (Å²) in [5.41, 5.74) is 3.83. The van der Waals surface area contributed by atoms with Gasteiger partial charge in [0.15, 0.2) is 0 Å². The van der Waals surface area contributed by atoms with E-state index in [-0.39, 0.29) is 12.3 Å². The molecule has 37 heavy (non-hydrogen) atoms. The molecule has 0 radical (unpaired) electrons. The number of rotatable bonds is 9. The van der Waals surface area contributed by atoms with Crippen LogP contribution in [0.15, 0.2) is 77.0 Å². The molecule has 0 spiro atoms. The number of methoxy groups -OCH3 is 2. The number of carboxylic acids is 1. The Kier molecular flexibility index (Phi) is 9.19. The van der Waals surface area contributed by atoms with Gasteiger partial charge in [-0.2, -0.15) is 0 Å². The number of amides is 1. The summed E-state index contributed by atoms with van der Waals surface area (Å²) in [7, 11) is 3.21. The van der Waals surface area contributed by atoms with Crippen LogP contribution in [0.4, 0.5) is 0 Å². The Labute approximate surface area is 225 Å². The average Bonchev–Trinajstić information content (AvgIpc) is 2.94. The van der Waals surface area contributed by atoms with Crippen molar-refractivity contribution in [1.82, 2.24) is 5.32 Å². The molecule has 1 fully saturated rings. The molecule has 6 nitrogen and oxygen atoms in total. The first-order valence-corrected chi connectivity index (χ1v) is 13.9. The van der Waals surface area contributed by atoms with E-state index in [1.165, 1.54) is 0 Å². The van der Waals surface area contributed by atoms with Crippen molar-refractivity contribution in [3.63, 3.8) is 0 Å². The molecule has 1 saturated heterocycles. The van der Waals surface area contributed by atoms with Gasteiger partial charge in [0.25, 0.3) is 5.91 Å². The SMILES string of the molecule is COc1cccc(OC)c1-c1ccc(C[C@H](NC(=O)C(=C2SCCCS2)c2ccccc2)C(=O)O)cc1. The summed E-state index contributed by atoms with van der Waals surface area (Å²) in [4.78, 5) is 25.6. The van der Waals surface area contributed by atoms with Crippen LogP contribution in [-0.4, -0.2) is 48.8 Å². The highest BCUT2D eigenvalue weighted by Gasteiger charge is 2.26. The van der Waals surface area contributed by atoms with Crippen molar-refractivity contribution in [1.29, 1.82) is 0 Å². The Morgan fingerprint density at radius 2 is 1.51 bits per heavy atom. The number of carboxylic acid groups (broad SMARTS) is 1. The number of aliphatic carboxylic acids is 1. The molecule has 2 N–H and O–H groups in total. The molecular weight excluding hydrogens is 506 g/mol. The third-order valence-electron chi connectivity index (χ3n) is 5.96. The first-order valence-electron chi connectivity index (χ1n) is 11.9. The first-order chi connectivity index (χ1) is 18.0. The van der Waals surface area contributed by atoms with Crippen molar-refractivity contribution in [2.45, 2.75) is 18.9 Å². The van der Waals surface area contributed by atoms with Gasteiger partial charge in [-0.1, -0.05) is 60.7 Å². The fraction of sp³-hybridized carbons (Fsp3) is 0.241. The third kappa shape index (κ3) is 6.50. The molecular formula is C29H29NO5S2. The normalized spacial score (nSPS) is 13.9. The molecule has 8 heteroatoms. The van der Waals surface area contributed by atoms with E-state index in [4.69, 9.17) is 9.47 Å². The van der Waals surface area contributed by atoms with Crippen LogP contribution in [-0.2, 0) is 16.0 Å². The van der Waals surface area contributed by atoms with Crippen LogP contribution >= 0.6 is 23.5 Å². The van der Waals surface area contributed by atoms with E-state index in [1.54, 1.807) is 37.7 Å². The Morgan fingerprint density at radius 1 is 0.892 bits per heavy atom. The molecule has 1 atom stereocenters. The van der Waals surface area contributed by atoms with E-state index in [1.807, 2.05) is 72.8 Å². The standard InChI is InChI=1S/C29H29NO5S2/c1-34-23-10-6-11-24(35-2)25(23)21-14-12-19(13-15-21)18-22(28(32)33)30-27(31)26(20-8-4-3-5-9-20)29-36-16-7-17-37-29/h3-6,8-15,22H,7,16-18H2,1-2H3,(H,30,31)(H,32,33)/t22-/m0/s1. The zero-order valence-corrected chi connectivity index (χ0v) is 22.4. The third-order valence-corrected chi connectivity index (χ3v) is 8.59. The molecule has 192 valence electrons. The lowest BCUT2D eigenvalue weighted by molar-refractivity contribution is -0.141. The van der Waals surface area contributed by atoms with E-state index in [2.05, 4.69) is 5.32 Å². The van der Waals surface area contributed by atoms with Gasteiger partial charge in [0.05, 0.1) is 29.6 Å². The van der Waals surface area contributed by atoms with Crippen molar-refractivity contribution < 1.29 is 24.2 Å². The van der Waals surface area contributed by atoms with Crippen molar-refractivity contribution in [2.75, 3.05) is 25.7 Å². The van der Waals surface area contributed by atoms with Crippen LogP contribution < -0.4 is 14.8 Å². The highest BCUT2D eigenvalue weighted by Crippen LogP contribution is 2.41. The summed E-state index contributed by atoms with van der Waals surface area (Å²) in [6, 6.07) is 21.5. The number of benzene rings is 3. The number of thioether (sulfide) groups is 2. The monoisotopic (exact) mass is 535 g/mol. The molecule has 0 aromatic heterocycles. The summed E-state index contributed by atoms with van der Waals surface area (Å²) >= 11 is 3.31. The van der Waals surface area contributed by atoms with Gasteiger partial charge in [0, 0.05) is 6.42 Å². The summed E-state index contributed by atoms with van der Waals surface area (Å²) < 4.78 is 12.0. The predicted octanol–water partition coefficient (Wildman–Crippen LogP) is 5.72. The van der Waals surface area contributed by atoms with Gasteiger partial charge in [-0.15, -0.1) is 23.5 Å². The molecule has 1 amide bonds. The lowest BCUT2D eigenvalue weighted by atomic mass is 9.99. The minimum Gasteiger partial charge on any atom is -0.496 e. The fourth-order valence-corrected chi connectivity index (χ4v) is 6.80. The molecule has 3 aromatic rings. The van der Waals surface area contributed by atoms with Crippen molar-refractivity contribution in [3.05, 3.63) is 88.2 Å². The number of ether oxygens (including phenoxy) is 2. The molecule has 0 unspecified atom stereocenters. The minimum atomic E-state index is -1.08. The molecule has 1 aliphatic rings. The zero-order valence-electron chi connectivity index (χ0n) is 20.7. The molecule has 0 saturated carbocycles. The number of carbonyl (C=O) groups excluding carboxylic acids is 1. The van der Waals surface area contributed by atoms with Crippen LogP contribution in [0.1, 0.15) is 17.5 Å². The maximum Gasteiger partial charge on any atom is 0.326 e. The Hall–Kier alpha value is -3.36. The average molecular weight is 536 g/mol. The predicted molar refractivity (Wildman–Crippen MR) is 151 cm³/mol. The second-order valence-corrected chi connectivity index (χ2v) is 10.9. The highest BCUT2D eigenvalue weighted by molar-refractivity contribution is 8.23. The second kappa shape index (κ2) is 12.7. The minimum absolute atomic E-state index is 0.155. The van der Waals surface area contributed by atoms with Gasteiger partial charge >= 0.3 is 5.97 Å². The van der Waals surface area contributed by atoms with Crippen molar-refractivity contribution in [2.24, 2.45) is 0 Å². The maximum atomic E-state index is 13.4. The molecule has 0 bridgehead atoms. The molecule has 1 aliphatic heterocycles. The van der Waals surface area contributed by atoms with Gasteiger partial charge < -0.3 is 19.9 Å². The Bertz CT molecular complexity index is 1240. The maximum absolute atomic E-state index is 13.4. The number of hydrogen-bond donors (Lipinski definition) is 2. The van der Waals surface area contributed by atoms with E-state index in [0.29, 0.717) is 17.1 Å². The van der Waals surface area contributed by atoms with Crippen LogP contribution in [0.3, 0.4) is 0 Å². The first kappa shape index (κ1) is 26.7. The summed E-state index contributed by atoms with van der Waals surface area (Å²) in [5.74, 6) is 1.80.